The molecule has 0 radical (unpaired) electrons. The van der Waals surface area contributed by atoms with Crippen LogP contribution in [0.2, 0.25) is 10.3 Å². The van der Waals surface area contributed by atoms with Crippen molar-refractivity contribution >= 4 is 29.0 Å². The molecule has 72 valence electrons. The van der Waals surface area contributed by atoms with E-state index in [2.05, 4.69) is 15.3 Å². The minimum atomic E-state index is -0.372. The van der Waals surface area contributed by atoms with E-state index in [9.17, 15) is 4.39 Å². The number of halogens is 3. The van der Waals surface area contributed by atoms with E-state index in [0.29, 0.717) is 23.8 Å². The van der Waals surface area contributed by atoms with Gasteiger partial charge in [-0.05, 0) is 18.0 Å². The molecule has 0 aliphatic carbocycles. The van der Waals surface area contributed by atoms with E-state index in [1.807, 2.05) is 0 Å². The molecule has 1 heterocycles. The monoisotopic (exact) mass is 223 g/mol. The van der Waals surface area contributed by atoms with E-state index in [0.717, 1.165) is 0 Å². The summed E-state index contributed by atoms with van der Waals surface area (Å²) >= 11 is 11.3. The van der Waals surface area contributed by atoms with Gasteiger partial charge in [-0.1, -0.05) is 11.6 Å². The van der Waals surface area contributed by atoms with Gasteiger partial charge in [0.25, 0.3) is 0 Å². The number of alkyl halides is 1. The molecular formula is C7H8Cl2FN3. The Morgan fingerprint density at radius 3 is 2.92 bits per heavy atom. The highest BCUT2D eigenvalue weighted by Crippen LogP contribution is 2.18. The Bertz CT molecular complexity index is 282. The van der Waals surface area contributed by atoms with Crippen molar-refractivity contribution < 1.29 is 4.39 Å². The van der Waals surface area contributed by atoms with E-state index in [-0.39, 0.29) is 12.0 Å². The number of hydrogen-bond acceptors (Lipinski definition) is 3. The minimum Gasteiger partial charge on any atom is -0.369 e. The van der Waals surface area contributed by atoms with E-state index < -0.39 is 0 Å². The van der Waals surface area contributed by atoms with Crippen LogP contribution in [0.3, 0.4) is 0 Å². The van der Waals surface area contributed by atoms with Gasteiger partial charge in [-0.2, -0.15) is 4.98 Å². The third-order valence-electron chi connectivity index (χ3n) is 1.32. The Kier molecular flexibility index (Phi) is 4.18. The molecule has 0 spiro atoms. The van der Waals surface area contributed by atoms with Gasteiger partial charge in [0.1, 0.15) is 10.8 Å². The largest absolute Gasteiger partial charge is 0.369 e. The third-order valence-corrected chi connectivity index (χ3v) is 1.78. The summed E-state index contributed by atoms with van der Waals surface area (Å²) in [4.78, 5) is 7.51. The smallest absolute Gasteiger partial charge is 0.224 e. The second kappa shape index (κ2) is 5.19. The van der Waals surface area contributed by atoms with Crippen LogP contribution in [-0.4, -0.2) is 23.2 Å². The lowest BCUT2D eigenvalue weighted by Crippen LogP contribution is -2.05. The lowest BCUT2D eigenvalue weighted by atomic mass is 10.4. The van der Waals surface area contributed by atoms with Crippen LogP contribution in [-0.2, 0) is 0 Å². The normalized spacial score (nSPS) is 10.1. The number of nitrogens with zero attached hydrogens (tertiary/aromatic N) is 2. The van der Waals surface area contributed by atoms with Crippen molar-refractivity contribution in [2.24, 2.45) is 0 Å². The van der Waals surface area contributed by atoms with Crippen molar-refractivity contribution in [1.82, 2.24) is 9.97 Å². The van der Waals surface area contributed by atoms with Crippen LogP contribution in [0.1, 0.15) is 6.42 Å². The molecule has 0 atom stereocenters. The molecule has 13 heavy (non-hydrogen) atoms. The van der Waals surface area contributed by atoms with Crippen LogP contribution < -0.4 is 5.32 Å². The summed E-state index contributed by atoms with van der Waals surface area (Å²) in [6.07, 6.45) is 1.81. The molecule has 0 fully saturated rings. The quantitative estimate of drug-likeness (QED) is 0.630. The first kappa shape index (κ1) is 10.5. The Balaban J connectivity index is 2.59. The van der Waals surface area contributed by atoms with Gasteiger partial charge in [-0.3, -0.25) is 4.39 Å². The van der Waals surface area contributed by atoms with Crippen LogP contribution in [0, 0.1) is 0 Å². The first-order chi connectivity index (χ1) is 6.24. The van der Waals surface area contributed by atoms with Gasteiger partial charge < -0.3 is 5.32 Å². The average Bonchev–Trinajstić information content (AvgIpc) is 2.11. The van der Waals surface area contributed by atoms with E-state index in [1.54, 1.807) is 0 Å². The Labute approximate surface area is 85.3 Å². The second-order valence-electron chi connectivity index (χ2n) is 2.30. The molecular weight excluding hydrogens is 216 g/mol. The standard InChI is InChI=1S/C7H8Cl2FN3/c8-5-4-12-7(9)13-6(5)11-3-1-2-10/h4H,1-3H2,(H,11,12,13). The highest BCUT2D eigenvalue weighted by Gasteiger charge is 2.02. The number of rotatable bonds is 4. The maximum atomic E-state index is 11.7. The fourth-order valence-electron chi connectivity index (χ4n) is 0.743. The van der Waals surface area contributed by atoms with E-state index >= 15 is 0 Å². The van der Waals surface area contributed by atoms with Gasteiger partial charge >= 0.3 is 0 Å². The van der Waals surface area contributed by atoms with Gasteiger partial charge in [0.2, 0.25) is 5.28 Å². The first-order valence-electron chi connectivity index (χ1n) is 3.72. The highest BCUT2D eigenvalue weighted by atomic mass is 35.5. The molecule has 1 aromatic rings. The van der Waals surface area contributed by atoms with Gasteiger partial charge in [0.05, 0.1) is 12.9 Å². The lowest BCUT2D eigenvalue weighted by molar-refractivity contribution is 0.481. The molecule has 3 nitrogen and oxygen atoms in total. The highest BCUT2D eigenvalue weighted by molar-refractivity contribution is 6.33. The molecule has 0 saturated heterocycles. The predicted molar refractivity (Wildman–Crippen MR) is 51.1 cm³/mol. The minimum absolute atomic E-state index is 0.118. The van der Waals surface area contributed by atoms with Crippen molar-refractivity contribution in [2.75, 3.05) is 18.5 Å². The van der Waals surface area contributed by atoms with E-state index in [4.69, 9.17) is 23.2 Å². The summed E-state index contributed by atoms with van der Waals surface area (Å²) in [6, 6.07) is 0. The van der Waals surface area contributed by atoms with Crippen LogP contribution in [0.15, 0.2) is 6.20 Å². The van der Waals surface area contributed by atoms with Gasteiger partial charge in [0, 0.05) is 6.54 Å². The number of hydrogen-bond donors (Lipinski definition) is 1. The van der Waals surface area contributed by atoms with Crippen molar-refractivity contribution in [3.05, 3.63) is 16.5 Å². The average molecular weight is 224 g/mol. The van der Waals surface area contributed by atoms with Crippen molar-refractivity contribution in [2.45, 2.75) is 6.42 Å². The second-order valence-corrected chi connectivity index (χ2v) is 3.05. The molecule has 0 bridgehead atoms. The van der Waals surface area contributed by atoms with Crippen molar-refractivity contribution in [3.8, 4) is 0 Å². The summed E-state index contributed by atoms with van der Waals surface area (Å²) < 4.78 is 11.7. The summed E-state index contributed by atoms with van der Waals surface area (Å²) in [6.45, 7) is 0.104. The maximum absolute atomic E-state index is 11.7. The van der Waals surface area contributed by atoms with Crippen LogP contribution >= 0.6 is 23.2 Å². The number of nitrogens with one attached hydrogen (secondary N) is 1. The van der Waals surface area contributed by atoms with Gasteiger partial charge in [-0.15, -0.1) is 0 Å². The molecule has 0 aromatic carbocycles. The summed E-state index contributed by atoms with van der Waals surface area (Å²) in [5.74, 6) is 0.440. The third kappa shape index (κ3) is 3.32. The Morgan fingerprint density at radius 1 is 1.46 bits per heavy atom. The number of anilines is 1. The first-order valence-corrected chi connectivity index (χ1v) is 4.47. The molecule has 0 aliphatic rings. The Morgan fingerprint density at radius 2 is 2.23 bits per heavy atom. The number of aromatic nitrogens is 2. The fraction of sp³-hybridized carbons (Fsp3) is 0.429. The lowest BCUT2D eigenvalue weighted by Gasteiger charge is -2.04. The van der Waals surface area contributed by atoms with Crippen molar-refractivity contribution in [1.29, 1.82) is 0 Å². The summed E-state index contributed by atoms with van der Waals surface area (Å²) in [5, 5.41) is 3.34. The molecule has 0 amide bonds. The molecule has 0 unspecified atom stereocenters. The van der Waals surface area contributed by atoms with Crippen molar-refractivity contribution in [3.63, 3.8) is 0 Å². The maximum Gasteiger partial charge on any atom is 0.224 e. The van der Waals surface area contributed by atoms with E-state index in [1.165, 1.54) is 6.20 Å². The zero-order chi connectivity index (χ0) is 9.68. The summed E-state index contributed by atoms with van der Waals surface area (Å²) in [5.41, 5.74) is 0. The molecule has 0 aliphatic heterocycles. The van der Waals surface area contributed by atoms with Gasteiger partial charge in [0.15, 0.2) is 0 Å². The summed E-state index contributed by atoms with van der Waals surface area (Å²) in [7, 11) is 0. The predicted octanol–water partition coefficient (Wildman–Crippen LogP) is 2.55. The topological polar surface area (TPSA) is 37.8 Å². The molecule has 0 saturated carbocycles. The molecule has 1 N–H and O–H groups in total. The van der Waals surface area contributed by atoms with Crippen LogP contribution in [0.4, 0.5) is 10.2 Å². The van der Waals surface area contributed by atoms with Gasteiger partial charge in [-0.25, -0.2) is 4.98 Å². The molecule has 1 aromatic heterocycles. The van der Waals surface area contributed by atoms with Crippen LogP contribution in [0.5, 0.6) is 0 Å². The Hall–Kier alpha value is -0.610. The SMILES string of the molecule is FCCCNc1nc(Cl)ncc1Cl. The van der Waals surface area contributed by atoms with Crippen LogP contribution in [0.25, 0.3) is 0 Å². The molecule has 1 rings (SSSR count). The fourth-order valence-corrected chi connectivity index (χ4v) is 1.03. The zero-order valence-corrected chi connectivity index (χ0v) is 8.24. The molecule has 6 heteroatoms. The zero-order valence-electron chi connectivity index (χ0n) is 6.73.